The number of nitriles is 1. The first-order valence-electron chi connectivity index (χ1n) is 6.40. The summed E-state index contributed by atoms with van der Waals surface area (Å²) in [7, 11) is 0. The van der Waals surface area contributed by atoms with E-state index in [9.17, 15) is 14.4 Å². The van der Waals surface area contributed by atoms with Gasteiger partial charge in [0.15, 0.2) is 5.78 Å². The molecule has 0 aromatic heterocycles. The lowest BCUT2D eigenvalue weighted by Crippen LogP contribution is -2.13. The molecular weight excluding hydrogens is 333 g/mol. The van der Waals surface area contributed by atoms with Crippen LogP contribution in [-0.4, -0.2) is 5.78 Å². The molecule has 0 fully saturated rings. The lowest BCUT2D eigenvalue weighted by atomic mass is 9.90. The van der Waals surface area contributed by atoms with E-state index in [4.69, 9.17) is 0 Å². The van der Waals surface area contributed by atoms with Crippen molar-refractivity contribution in [3.05, 3.63) is 68.9 Å². The van der Waals surface area contributed by atoms with Crippen LogP contribution in [0, 0.1) is 31.0 Å². The summed E-state index contributed by atoms with van der Waals surface area (Å²) in [6.45, 7) is 3.87. The smallest absolute Gasteiger partial charge is 0.187 e. The van der Waals surface area contributed by atoms with Crippen molar-refractivity contribution in [2.24, 2.45) is 0 Å². The Kier molecular flexibility index (Phi) is 4.54. The van der Waals surface area contributed by atoms with E-state index in [-0.39, 0.29) is 10.0 Å². The highest BCUT2D eigenvalue weighted by molar-refractivity contribution is 9.10. The minimum atomic E-state index is -1.01. The number of benzene rings is 2. The standard InChI is InChI=1S/C17H13BrFNO/c1-10-6-7-12(8-11(10)2)14(9-20)17(21)13-4-3-5-15(18)16(13)19/h3-8,14H,1-2H3. The number of carbonyl (C=O) groups excluding carboxylic acids is 1. The molecule has 0 heterocycles. The largest absolute Gasteiger partial charge is 0.292 e. The Morgan fingerprint density at radius 3 is 2.57 bits per heavy atom. The topological polar surface area (TPSA) is 40.9 Å². The van der Waals surface area contributed by atoms with Crippen molar-refractivity contribution in [2.45, 2.75) is 19.8 Å². The van der Waals surface area contributed by atoms with Gasteiger partial charge in [-0.3, -0.25) is 4.79 Å². The molecule has 0 radical (unpaired) electrons. The number of hydrogen-bond acceptors (Lipinski definition) is 2. The highest BCUT2D eigenvalue weighted by Crippen LogP contribution is 2.26. The van der Waals surface area contributed by atoms with Crippen molar-refractivity contribution in [1.29, 1.82) is 5.26 Å². The maximum Gasteiger partial charge on any atom is 0.187 e. The highest BCUT2D eigenvalue weighted by atomic mass is 79.9. The van der Waals surface area contributed by atoms with E-state index in [1.54, 1.807) is 18.2 Å². The molecule has 0 N–H and O–H groups in total. The van der Waals surface area contributed by atoms with Crippen LogP contribution in [-0.2, 0) is 0 Å². The van der Waals surface area contributed by atoms with Crippen LogP contribution in [0.1, 0.15) is 33.0 Å². The Bertz CT molecular complexity index is 749. The van der Waals surface area contributed by atoms with E-state index in [2.05, 4.69) is 15.9 Å². The number of hydrogen-bond donors (Lipinski definition) is 0. The average Bonchev–Trinajstić information content (AvgIpc) is 2.46. The van der Waals surface area contributed by atoms with Crippen LogP contribution < -0.4 is 0 Å². The molecule has 0 amide bonds. The molecule has 0 saturated carbocycles. The summed E-state index contributed by atoms with van der Waals surface area (Å²) in [5, 5.41) is 9.33. The monoisotopic (exact) mass is 345 g/mol. The summed E-state index contributed by atoms with van der Waals surface area (Å²) >= 11 is 3.05. The normalized spacial score (nSPS) is 11.8. The van der Waals surface area contributed by atoms with Crippen LogP contribution in [0.5, 0.6) is 0 Å². The molecule has 0 aliphatic heterocycles. The Labute approximate surface area is 131 Å². The molecule has 1 atom stereocenters. The first-order chi connectivity index (χ1) is 9.95. The number of aryl methyl sites for hydroxylation is 2. The van der Waals surface area contributed by atoms with Crippen LogP contribution in [0.15, 0.2) is 40.9 Å². The summed E-state index contributed by atoms with van der Waals surface area (Å²) in [4.78, 5) is 12.5. The lowest BCUT2D eigenvalue weighted by molar-refractivity contribution is 0.0975. The van der Waals surface area contributed by atoms with E-state index in [0.29, 0.717) is 5.56 Å². The molecule has 0 saturated heterocycles. The van der Waals surface area contributed by atoms with Crippen molar-refractivity contribution < 1.29 is 9.18 Å². The summed E-state index contributed by atoms with van der Waals surface area (Å²) < 4.78 is 14.2. The van der Waals surface area contributed by atoms with Crippen LogP contribution >= 0.6 is 15.9 Å². The zero-order valence-electron chi connectivity index (χ0n) is 11.7. The molecule has 0 aliphatic rings. The van der Waals surface area contributed by atoms with Crippen molar-refractivity contribution in [1.82, 2.24) is 0 Å². The molecule has 4 heteroatoms. The fourth-order valence-corrected chi connectivity index (χ4v) is 2.44. The Hall–Kier alpha value is -1.99. The van der Waals surface area contributed by atoms with E-state index < -0.39 is 17.5 Å². The van der Waals surface area contributed by atoms with Crippen LogP contribution in [0.3, 0.4) is 0 Å². The second-order valence-electron chi connectivity index (χ2n) is 4.87. The quantitative estimate of drug-likeness (QED) is 0.756. The van der Waals surface area contributed by atoms with Crippen LogP contribution in [0.2, 0.25) is 0 Å². The molecule has 1 unspecified atom stereocenters. The number of nitrogens with zero attached hydrogens (tertiary/aromatic N) is 1. The number of carbonyl (C=O) groups is 1. The molecule has 0 spiro atoms. The fraction of sp³-hybridized carbons (Fsp3) is 0.176. The molecule has 0 aliphatic carbocycles. The van der Waals surface area contributed by atoms with Gasteiger partial charge in [-0.25, -0.2) is 4.39 Å². The molecule has 106 valence electrons. The first-order valence-corrected chi connectivity index (χ1v) is 7.20. The molecule has 0 bridgehead atoms. The van der Waals surface area contributed by atoms with Gasteiger partial charge in [0.25, 0.3) is 0 Å². The summed E-state index contributed by atoms with van der Waals surface area (Å²) in [6, 6.07) is 11.9. The Morgan fingerprint density at radius 1 is 1.24 bits per heavy atom. The van der Waals surface area contributed by atoms with Gasteiger partial charge in [-0.2, -0.15) is 5.26 Å². The van der Waals surface area contributed by atoms with Gasteiger partial charge in [-0.15, -0.1) is 0 Å². The van der Waals surface area contributed by atoms with Gasteiger partial charge in [0.2, 0.25) is 0 Å². The zero-order valence-corrected chi connectivity index (χ0v) is 13.2. The molecule has 2 aromatic rings. The first kappa shape index (κ1) is 15.4. The van der Waals surface area contributed by atoms with E-state index >= 15 is 0 Å². The zero-order chi connectivity index (χ0) is 15.6. The second kappa shape index (κ2) is 6.19. The third-order valence-corrected chi connectivity index (χ3v) is 4.09. The molecule has 2 rings (SSSR count). The third kappa shape index (κ3) is 3.03. The fourth-order valence-electron chi connectivity index (χ4n) is 2.08. The molecule has 21 heavy (non-hydrogen) atoms. The number of Topliss-reactive ketones (excluding diaryl/α,β-unsaturated/α-hetero) is 1. The van der Waals surface area contributed by atoms with Crippen molar-refractivity contribution in [2.75, 3.05) is 0 Å². The molecule has 2 aromatic carbocycles. The summed E-state index contributed by atoms with van der Waals surface area (Å²) in [6.07, 6.45) is 0. The predicted molar refractivity (Wildman–Crippen MR) is 82.7 cm³/mol. The SMILES string of the molecule is Cc1ccc(C(C#N)C(=O)c2cccc(Br)c2F)cc1C. The number of rotatable bonds is 3. The van der Waals surface area contributed by atoms with Crippen molar-refractivity contribution in [3.8, 4) is 6.07 Å². The summed E-state index contributed by atoms with van der Waals surface area (Å²) in [5.74, 6) is -2.17. The minimum Gasteiger partial charge on any atom is -0.292 e. The molecule has 2 nitrogen and oxygen atoms in total. The maximum atomic E-state index is 14.0. The van der Waals surface area contributed by atoms with Gasteiger partial charge in [0, 0.05) is 0 Å². The Morgan fingerprint density at radius 2 is 1.95 bits per heavy atom. The average molecular weight is 346 g/mol. The van der Waals surface area contributed by atoms with Crippen molar-refractivity contribution >= 4 is 21.7 Å². The van der Waals surface area contributed by atoms with Gasteiger partial charge >= 0.3 is 0 Å². The summed E-state index contributed by atoms with van der Waals surface area (Å²) in [5.41, 5.74) is 2.59. The highest BCUT2D eigenvalue weighted by Gasteiger charge is 2.25. The van der Waals surface area contributed by atoms with Gasteiger partial charge in [-0.1, -0.05) is 24.3 Å². The van der Waals surface area contributed by atoms with Crippen molar-refractivity contribution in [3.63, 3.8) is 0 Å². The van der Waals surface area contributed by atoms with E-state index in [1.807, 2.05) is 26.0 Å². The maximum absolute atomic E-state index is 14.0. The second-order valence-corrected chi connectivity index (χ2v) is 5.73. The Balaban J connectivity index is 2.46. The van der Waals surface area contributed by atoms with E-state index in [1.165, 1.54) is 12.1 Å². The van der Waals surface area contributed by atoms with E-state index in [0.717, 1.165) is 11.1 Å². The van der Waals surface area contributed by atoms with Gasteiger partial charge in [0.05, 0.1) is 16.1 Å². The number of ketones is 1. The van der Waals surface area contributed by atoms with Gasteiger partial charge in [0.1, 0.15) is 11.7 Å². The van der Waals surface area contributed by atoms with Crippen LogP contribution in [0.4, 0.5) is 4.39 Å². The lowest BCUT2D eigenvalue weighted by Gasteiger charge is -2.11. The number of halogens is 2. The predicted octanol–water partition coefficient (Wildman–Crippen LogP) is 4.70. The minimum absolute atomic E-state index is 0.0749. The van der Waals surface area contributed by atoms with Crippen LogP contribution in [0.25, 0.3) is 0 Å². The van der Waals surface area contributed by atoms with Gasteiger partial charge < -0.3 is 0 Å². The van der Waals surface area contributed by atoms with Gasteiger partial charge in [-0.05, 0) is 58.6 Å². The third-order valence-electron chi connectivity index (χ3n) is 3.47. The molecular formula is C17H13BrFNO.